The quantitative estimate of drug-likeness (QED) is 0.0297. The van der Waals surface area contributed by atoms with Gasteiger partial charge in [0.2, 0.25) is 0 Å². The van der Waals surface area contributed by atoms with Crippen LogP contribution in [0.1, 0.15) is 5.56 Å². The molecule has 26 heteroatoms. The summed E-state index contributed by atoms with van der Waals surface area (Å²) >= 11 is -2.34. The predicted molar refractivity (Wildman–Crippen MR) is 211 cm³/mol. The van der Waals surface area contributed by atoms with Crippen LogP contribution in [0.4, 0.5) is 45.5 Å². The molecule has 0 saturated heterocycles. The molecule has 58 heavy (non-hydrogen) atoms. The molecule has 0 fully saturated rings. The van der Waals surface area contributed by atoms with Gasteiger partial charge in [-0.1, -0.05) is 31.4 Å². The van der Waals surface area contributed by atoms with Gasteiger partial charge in [-0.05, 0) is 66.2 Å². The van der Waals surface area contributed by atoms with Crippen molar-refractivity contribution in [2.75, 3.05) is 11.5 Å². The van der Waals surface area contributed by atoms with Gasteiger partial charge in [-0.2, -0.15) is 30.4 Å². The van der Waals surface area contributed by atoms with E-state index in [-0.39, 0.29) is 38.4 Å². The molecule has 5 rings (SSSR count). The Morgan fingerprint density at radius 1 is 0.586 bits per heavy atom. The van der Waals surface area contributed by atoms with E-state index in [2.05, 4.69) is 43.8 Å². The molecule has 0 aliphatic rings. The molecular formula is C32H26N8O13S5. The fraction of sp³-hybridized carbons (Fsp3) is 0. The lowest BCUT2D eigenvalue weighted by molar-refractivity contribution is 0.481. The largest absolute Gasteiger partial charge is 0.396 e. The first-order valence-electron chi connectivity index (χ1n) is 15.3. The zero-order valence-electron chi connectivity index (χ0n) is 28.8. The van der Waals surface area contributed by atoms with Gasteiger partial charge >= 0.3 is 0 Å². The fourth-order valence-electron chi connectivity index (χ4n) is 4.89. The van der Waals surface area contributed by atoms with Crippen molar-refractivity contribution >= 4 is 112 Å². The van der Waals surface area contributed by atoms with Gasteiger partial charge < -0.3 is 16.0 Å². The third-order valence-electron chi connectivity index (χ3n) is 7.79. The Balaban J connectivity index is 1.63. The topological polar surface area (TPSA) is 361 Å². The molecular weight excluding hydrogens is 865 g/mol. The van der Waals surface area contributed by atoms with E-state index in [1.807, 2.05) is 0 Å². The molecule has 302 valence electrons. The number of sulfone groups is 1. The monoisotopic (exact) mass is 890 g/mol. The number of hydrogen-bond acceptors (Lipinski definition) is 17. The molecule has 0 aliphatic carbocycles. The highest BCUT2D eigenvalue weighted by Gasteiger charge is 2.24. The summed E-state index contributed by atoms with van der Waals surface area (Å²) in [5.74, 6) is 0. The predicted octanol–water partition coefficient (Wildman–Crippen LogP) is 7.10. The molecule has 8 N–H and O–H groups in total. The molecule has 21 nitrogen and oxygen atoms in total. The number of hydrogen-bond donors (Lipinski definition) is 6. The standard InChI is InChI=1S/C32H26N8O13S5/c1-3-55(43,44)20-9-11-26(28(15-20)57(48,49)50)38-37-25-13-12-24(22-10-8-21(14-23(22)25)56(45,46)47)36-39-27-16-29(58(51,52)53)31(34)32(30(27)33)40-35-19-6-4-18(5-7-19)17(2)54(41)42/h3-16H,1-2,33-34H2,(H,41,42)(H,45,46,47)(H,48,49,50)(H,51,52,53). The number of anilines is 2. The van der Waals surface area contributed by atoms with E-state index >= 15 is 0 Å². The van der Waals surface area contributed by atoms with Crippen LogP contribution in [0.15, 0.2) is 148 Å². The van der Waals surface area contributed by atoms with Crippen LogP contribution < -0.4 is 11.5 Å². The number of nitrogen functional groups attached to an aromatic ring is 2. The normalized spacial score (nSPS) is 13.4. The highest BCUT2D eigenvalue weighted by Crippen LogP contribution is 2.44. The lowest BCUT2D eigenvalue weighted by Crippen LogP contribution is -2.05. The molecule has 1 atom stereocenters. The van der Waals surface area contributed by atoms with Crippen molar-refractivity contribution in [2.24, 2.45) is 30.7 Å². The third kappa shape index (κ3) is 9.41. The van der Waals surface area contributed by atoms with Gasteiger partial charge in [-0.15, -0.1) is 25.6 Å². The summed E-state index contributed by atoms with van der Waals surface area (Å²) in [6.07, 6.45) is 0. The van der Waals surface area contributed by atoms with Crippen LogP contribution in [0.3, 0.4) is 0 Å². The molecule has 5 aromatic rings. The molecule has 0 bridgehead atoms. The summed E-state index contributed by atoms with van der Waals surface area (Å²) in [4.78, 5) is -3.07. The van der Waals surface area contributed by atoms with Gasteiger partial charge in [0.25, 0.3) is 30.4 Å². The maximum atomic E-state index is 12.3. The number of nitrogens with zero attached hydrogens (tertiary/aromatic N) is 6. The molecule has 0 aliphatic heterocycles. The maximum Gasteiger partial charge on any atom is 0.296 e. The van der Waals surface area contributed by atoms with Crippen molar-refractivity contribution in [3.8, 4) is 0 Å². The summed E-state index contributed by atoms with van der Waals surface area (Å²) < 4.78 is 147. The minimum Gasteiger partial charge on any atom is -0.396 e. The Hall–Kier alpha value is -5.97. The van der Waals surface area contributed by atoms with Crippen LogP contribution in [0.25, 0.3) is 15.7 Å². The fourth-order valence-corrected chi connectivity index (χ4v) is 7.83. The van der Waals surface area contributed by atoms with E-state index in [0.717, 1.165) is 30.3 Å². The van der Waals surface area contributed by atoms with Crippen molar-refractivity contribution in [1.82, 2.24) is 0 Å². The van der Waals surface area contributed by atoms with Gasteiger partial charge in [0.1, 0.15) is 26.9 Å². The molecule has 5 aromatic carbocycles. The molecule has 0 amide bonds. The summed E-state index contributed by atoms with van der Waals surface area (Å²) in [7, 11) is -19.1. The number of azo groups is 3. The van der Waals surface area contributed by atoms with Gasteiger partial charge in [-0.3, -0.25) is 13.7 Å². The smallest absolute Gasteiger partial charge is 0.296 e. The molecule has 0 saturated carbocycles. The minimum absolute atomic E-state index is 0.0632. The van der Waals surface area contributed by atoms with E-state index in [9.17, 15) is 56.1 Å². The van der Waals surface area contributed by atoms with Crippen molar-refractivity contribution in [3.63, 3.8) is 0 Å². The van der Waals surface area contributed by atoms with Crippen LogP contribution in [0, 0.1) is 0 Å². The summed E-state index contributed by atoms with van der Waals surface area (Å²) in [6, 6.07) is 14.5. The number of benzene rings is 5. The van der Waals surface area contributed by atoms with Crippen molar-refractivity contribution in [3.05, 3.63) is 103 Å². The second-order valence-electron chi connectivity index (χ2n) is 11.5. The van der Waals surface area contributed by atoms with E-state index in [1.165, 1.54) is 42.5 Å². The zero-order chi connectivity index (χ0) is 43.0. The highest BCUT2D eigenvalue weighted by atomic mass is 32.2. The maximum absolute atomic E-state index is 12.3. The van der Waals surface area contributed by atoms with E-state index in [0.29, 0.717) is 17.0 Å². The molecule has 0 heterocycles. The Bertz CT molecular complexity index is 3140. The number of rotatable bonds is 13. The van der Waals surface area contributed by atoms with E-state index < -0.39 is 93.6 Å². The second kappa shape index (κ2) is 16.1. The summed E-state index contributed by atoms with van der Waals surface area (Å²) in [6.45, 7) is 6.66. The first-order chi connectivity index (χ1) is 26.9. The number of nitrogens with two attached hydrogens (primary N) is 2. The Kier molecular flexibility index (Phi) is 12.0. The van der Waals surface area contributed by atoms with Crippen LogP contribution in [-0.2, 0) is 51.3 Å². The molecule has 0 aromatic heterocycles. The average molecular weight is 891 g/mol. The minimum atomic E-state index is -5.08. The average Bonchev–Trinajstić information content (AvgIpc) is 3.15. The van der Waals surface area contributed by atoms with Gasteiger partial charge in [0, 0.05) is 16.2 Å². The first-order valence-corrected chi connectivity index (χ1v) is 22.3. The highest BCUT2D eigenvalue weighted by molar-refractivity contribution is 7.94. The molecule has 0 spiro atoms. The van der Waals surface area contributed by atoms with Gasteiger partial charge in [0.05, 0.1) is 43.1 Å². The molecule has 0 radical (unpaired) electrons. The van der Waals surface area contributed by atoms with Crippen molar-refractivity contribution in [1.29, 1.82) is 0 Å². The van der Waals surface area contributed by atoms with E-state index in [4.69, 9.17) is 11.5 Å². The Morgan fingerprint density at radius 2 is 1.12 bits per heavy atom. The lowest BCUT2D eigenvalue weighted by Gasteiger charge is -2.11. The van der Waals surface area contributed by atoms with Crippen molar-refractivity contribution < 1.29 is 56.1 Å². The van der Waals surface area contributed by atoms with Gasteiger partial charge in [-0.25, -0.2) is 12.6 Å². The van der Waals surface area contributed by atoms with Crippen molar-refractivity contribution in [2.45, 2.75) is 19.6 Å². The van der Waals surface area contributed by atoms with Gasteiger partial charge in [0.15, 0.2) is 20.9 Å². The Morgan fingerprint density at radius 3 is 1.67 bits per heavy atom. The number of fused-ring (bicyclic) bond motifs is 1. The van der Waals surface area contributed by atoms with Crippen LogP contribution in [0.5, 0.6) is 0 Å². The second-order valence-corrected chi connectivity index (χ2v) is 18.6. The van der Waals surface area contributed by atoms with Crippen LogP contribution in [0.2, 0.25) is 0 Å². The Labute approximate surface area is 331 Å². The lowest BCUT2D eigenvalue weighted by atomic mass is 10.1. The summed E-state index contributed by atoms with van der Waals surface area (Å²) in [5.41, 5.74) is 10.1. The van der Waals surface area contributed by atoms with Crippen LogP contribution >= 0.6 is 0 Å². The third-order valence-corrected chi connectivity index (χ3v) is 12.4. The van der Waals surface area contributed by atoms with Crippen LogP contribution in [-0.4, -0.2) is 56.1 Å². The summed E-state index contributed by atoms with van der Waals surface area (Å²) in [5, 5.41) is 24.3. The molecule has 1 unspecified atom stereocenters. The first kappa shape index (κ1) is 43.2. The van der Waals surface area contributed by atoms with E-state index in [1.54, 1.807) is 0 Å². The SMILES string of the molecule is C=CS(=O)(=O)c1ccc(N=Nc2ccc(N=Nc3cc(S(=O)(=O)O)c(N)c(N=Nc4ccc(C(=C)S(=O)O)cc4)c3N)c3ccc(S(=O)(=O)O)cc23)c(S(=O)(=O)O)c1. The zero-order valence-corrected chi connectivity index (χ0v) is 32.9.